The van der Waals surface area contributed by atoms with Gasteiger partial charge < -0.3 is 28.4 Å². The number of hydrogen-bond acceptors (Lipinski definition) is 10. The minimum Gasteiger partial charge on any atom is -0.466 e. The first-order valence-corrected chi connectivity index (χ1v) is 10.8. The molecule has 3 saturated heterocycles. The van der Waals surface area contributed by atoms with E-state index in [9.17, 15) is 19.2 Å². The fourth-order valence-corrected chi connectivity index (χ4v) is 4.66. The maximum absolute atomic E-state index is 13.1. The molecular formula is C23H28O10. The van der Waals surface area contributed by atoms with Crippen LogP contribution in [-0.4, -0.2) is 72.7 Å². The molecule has 0 radical (unpaired) electrons. The van der Waals surface area contributed by atoms with Crippen molar-refractivity contribution in [2.24, 2.45) is 5.92 Å². The second kappa shape index (κ2) is 7.95. The van der Waals surface area contributed by atoms with Crippen molar-refractivity contribution in [3.63, 3.8) is 0 Å². The molecule has 0 saturated carbocycles. The highest BCUT2D eigenvalue weighted by Gasteiger charge is 2.66. The zero-order valence-corrected chi connectivity index (χ0v) is 19.2. The molecule has 0 spiro atoms. The van der Waals surface area contributed by atoms with Gasteiger partial charge in [-0.3, -0.25) is 4.79 Å². The van der Waals surface area contributed by atoms with Crippen LogP contribution in [0, 0.1) is 5.92 Å². The molecule has 1 aliphatic carbocycles. The lowest BCUT2D eigenvalue weighted by molar-refractivity contribution is -0.175. The minimum atomic E-state index is -1.36. The summed E-state index contributed by atoms with van der Waals surface area (Å²) < 4.78 is 33.2. The normalized spacial score (nSPS) is 43.1. The molecule has 10 heteroatoms. The van der Waals surface area contributed by atoms with Crippen LogP contribution in [0.3, 0.4) is 0 Å². The highest BCUT2D eigenvalue weighted by Crippen LogP contribution is 2.51. The number of methoxy groups -OCH3 is 1. The van der Waals surface area contributed by atoms with Crippen molar-refractivity contribution in [2.45, 2.75) is 82.3 Å². The van der Waals surface area contributed by atoms with Gasteiger partial charge >= 0.3 is 23.9 Å². The molecule has 0 amide bonds. The Balaban J connectivity index is 1.82. The SMILES string of the molecule is C=C1C(=O)OC2[C@H]3O[C@]3(C)CC/C=C(/C(=O)OC)[C@H](OC(C)=O)[C@@H](OC(=O)[C@]3(C)O[C@@H]3C)[C@@H]12. The molecule has 0 aromatic carbocycles. The summed E-state index contributed by atoms with van der Waals surface area (Å²) in [5.41, 5.74) is -1.77. The van der Waals surface area contributed by atoms with E-state index in [1.807, 2.05) is 6.92 Å². The number of ether oxygens (including phenoxy) is 6. The van der Waals surface area contributed by atoms with Crippen molar-refractivity contribution in [2.75, 3.05) is 7.11 Å². The van der Waals surface area contributed by atoms with Crippen molar-refractivity contribution in [3.05, 3.63) is 23.8 Å². The van der Waals surface area contributed by atoms with Crippen LogP contribution in [0.15, 0.2) is 23.8 Å². The van der Waals surface area contributed by atoms with E-state index in [2.05, 4.69) is 6.58 Å². The quantitative estimate of drug-likeness (QED) is 0.258. The number of rotatable bonds is 4. The summed E-state index contributed by atoms with van der Waals surface area (Å²) in [6, 6.07) is 0. The van der Waals surface area contributed by atoms with E-state index < -0.39 is 65.4 Å². The number of esters is 4. The summed E-state index contributed by atoms with van der Waals surface area (Å²) in [5, 5.41) is 0. The van der Waals surface area contributed by atoms with Gasteiger partial charge in [-0.2, -0.15) is 0 Å². The zero-order chi connectivity index (χ0) is 24.3. The van der Waals surface area contributed by atoms with Gasteiger partial charge in [-0.25, -0.2) is 14.4 Å². The van der Waals surface area contributed by atoms with Gasteiger partial charge in [0.25, 0.3) is 0 Å². The van der Waals surface area contributed by atoms with Crippen LogP contribution in [0.2, 0.25) is 0 Å². The third kappa shape index (κ3) is 3.95. The largest absolute Gasteiger partial charge is 0.466 e. The van der Waals surface area contributed by atoms with Gasteiger partial charge in [0.05, 0.1) is 30.3 Å². The topological polar surface area (TPSA) is 130 Å². The zero-order valence-electron chi connectivity index (χ0n) is 19.2. The molecule has 33 heavy (non-hydrogen) atoms. The number of carbonyl (C=O) groups is 4. The van der Waals surface area contributed by atoms with Crippen LogP contribution in [0.25, 0.3) is 0 Å². The van der Waals surface area contributed by atoms with Crippen LogP contribution < -0.4 is 0 Å². The van der Waals surface area contributed by atoms with Gasteiger partial charge in [-0.1, -0.05) is 12.7 Å². The molecule has 0 aromatic heterocycles. The van der Waals surface area contributed by atoms with Gasteiger partial charge in [0.1, 0.15) is 12.2 Å². The van der Waals surface area contributed by atoms with Gasteiger partial charge in [0, 0.05) is 12.5 Å². The summed E-state index contributed by atoms with van der Waals surface area (Å²) in [5.74, 6) is -3.79. The van der Waals surface area contributed by atoms with E-state index in [0.29, 0.717) is 12.8 Å². The summed E-state index contributed by atoms with van der Waals surface area (Å²) in [6.45, 7) is 10.2. The van der Waals surface area contributed by atoms with Gasteiger partial charge in [0.15, 0.2) is 17.8 Å². The van der Waals surface area contributed by atoms with E-state index in [0.717, 1.165) is 0 Å². The second-order valence-electron chi connectivity index (χ2n) is 9.23. The Morgan fingerprint density at radius 1 is 1.18 bits per heavy atom. The monoisotopic (exact) mass is 464 g/mol. The number of hydrogen-bond donors (Lipinski definition) is 0. The molecular weight excluding hydrogens is 436 g/mol. The first kappa shape index (κ1) is 23.4. The third-order valence-corrected chi connectivity index (χ3v) is 6.97. The highest BCUT2D eigenvalue weighted by atomic mass is 16.7. The van der Waals surface area contributed by atoms with Crippen molar-refractivity contribution in [1.29, 1.82) is 0 Å². The van der Waals surface area contributed by atoms with E-state index in [1.165, 1.54) is 14.0 Å². The molecule has 0 aromatic rings. The summed E-state index contributed by atoms with van der Waals surface area (Å²) in [4.78, 5) is 50.4. The second-order valence-corrected chi connectivity index (χ2v) is 9.23. The molecule has 1 unspecified atom stereocenters. The predicted octanol–water partition coefficient (Wildman–Crippen LogP) is 1.16. The molecule has 8 atom stereocenters. The van der Waals surface area contributed by atoms with E-state index in [-0.39, 0.29) is 17.3 Å². The molecule has 3 aliphatic heterocycles. The number of fused-ring (bicyclic) bond motifs is 3. The fraction of sp³-hybridized carbons (Fsp3) is 0.652. The van der Waals surface area contributed by atoms with Crippen molar-refractivity contribution < 1.29 is 47.6 Å². The van der Waals surface area contributed by atoms with E-state index in [1.54, 1.807) is 19.9 Å². The summed E-state index contributed by atoms with van der Waals surface area (Å²) in [7, 11) is 1.19. The van der Waals surface area contributed by atoms with Crippen LogP contribution in [0.1, 0.15) is 40.5 Å². The molecule has 3 fully saturated rings. The lowest BCUT2D eigenvalue weighted by Gasteiger charge is -2.34. The molecule has 4 aliphatic rings. The fourth-order valence-electron chi connectivity index (χ4n) is 4.66. The summed E-state index contributed by atoms with van der Waals surface area (Å²) >= 11 is 0. The van der Waals surface area contributed by atoms with E-state index in [4.69, 9.17) is 28.4 Å². The maximum atomic E-state index is 13.1. The first-order valence-electron chi connectivity index (χ1n) is 10.8. The lowest BCUT2D eigenvalue weighted by Crippen LogP contribution is -2.49. The van der Waals surface area contributed by atoms with Crippen molar-refractivity contribution in [3.8, 4) is 0 Å². The summed E-state index contributed by atoms with van der Waals surface area (Å²) in [6.07, 6.45) is -1.87. The average molecular weight is 464 g/mol. The Morgan fingerprint density at radius 2 is 1.85 bits per heavy atom. The Bertz CT molecular complexity index is 953. The van der Waals surface area contributed by atoms with E-state index >= 15 is 0 Å². The van der Waals surface area contributed by atoms with Crippen LogP contribution in [0.4, 0.5) is 0 Å². The molecule has 0 bridgehead atoms. The van der Waals surface area contributed by atoms with Crippen LogP contribution >= 0.6 is 0 Å². The lowest BCUT2D eigenvalue weighted by atomic mass is 9.80. The molecule has 0 N–H and O–H groups in total. The Labute approximate surface area is 191 Å². The Kier molecular flexibility index (Phi) is 5.65. The molecule has 10 nitrogen and oxygen atoms in total. The van der Waals surface area contributed by atoms with Crippen LogP contribution in [-0.2, 0) is 47.6 Å². The number of epoxide rings is 2. The van der Waals surface area contributed by atoms with Gasteiger partial charge in [-0.05, 0) is 33.6 Å². The third-order valence-electron chi connectivity index (χ3n) is 6.97. The first-order chi connectivity index (χ1) is 15.4. The number of carbonyl (C=O) groups excluding carboxylic acids is 4. The van der Waals surface area contributed by atoms with Crippen molar-refractivity contribution in [1.82, 2.24) is 0 Å². The van der Waals surface area contributed by atoms with Crippen LogP contribution in [0.5, 0.6) is 0 Å². The smallest absolute Gasteiger partial charge is 0.341 e. The Morgan fingerprint density at radius 3 is 2.42 bits per heavy atom. The van der Waals surface area contributed by atoms with Gasteiger partial charge in [0.2, 0.25) is 0 Å². The van der Waals surface area contributed by atoms with Gasteiger partial charge in [-0.15, -0.1) is 0 Å². The minimum absolute atomic E-state index is 0.00554. The maximum Gasteiger partial charge on any atom is 0.341 e. The average Bonchev–Trinajstić information content (AvgIpc) is 3.57. The molecule has 4 rings (SSSR count). The predicted molar refractivity (Wildman–Crippen MR) is 110 cm³/mol. The highest BCUT2D eigenvalue weighted by molar-refractivity contribution is 5.93. The van der Waals surface area contributed by atoms with Crippen molar-refractivity contribution >= 4 is 23.9 Å². The molecule has 3 heterocycles. The number of allylic oxidation sites excluding steroid dienone is 1. The molecule has 180 valence electrons. The standard InChI is InChI=1S/C23H28O10/c1-10-14-16(31-21(27)23(5)11(2)32-23)15(29-12(3)24)13(20(26)28-6)8-7-9-22(4)18(33-22)17(14)30-19(10)25/h8,11,14-18H,1,7,9H2,2-6H3/b13-8+/t11-,14-,15+,16+,17?,18-,22-,23-/m1/s1. The Hall–Kier alpha value is -2.72.